The highest BCUT2D eigenvalue weighted by Gasteiger charge is 2.30. The molecule has 2 aromatic rings. The molecule has 1 aliphatic heterocycles. The molecule has 23 heavy (non-hydrogen) atoms. The summed E-state index contributed by atoms with van der Waals surface area (Å²) < 4.78 is 13.7. The second kappa shape index (κ2) is 6.93. The van der Waals surface area contributed by atoms with E-state index in [4.69, 9.17) is 11.6 Å². The van der Waals surface area contributed by atoms with E-state index >= 15 is 0 Å². The van der Waals surface area contributed by atoms with E-state index < -0.39 is 0 Å². The van der Waals surface area contributed by atoms with Gasteiger partial charge in [0, 0.05) is 22.5 Å². The second-order valence-electron chi connectivity index (χ2n) is 5.67. The molecule has 1 atom stereocenters. The number of halogens is 2. The minimum absolute atomic E-state index is 0.0711. The second-order valence-corrected chi connectivity index (χ2v) is 7.10. The van der Waals surface area contributed by atoms with Gasteiger partial charge in [0.1, 0.15) is 5.82 Å². The fourth-order valence-electron chi connectivity index (χ4n) is 2.90. The predicted octanol–water partition coefficient (Wildman–Crippen LogP) is 4.69. The van der Waals surface area contributed by atoms with E-state index in [1.54, 1.807) is 12.1 Å². The number of hydrogen-bond acceptors (Lipinski definition) is 2. The zero-order chi connectivity index (χ0) is 16.4. The summed E-state index contributed by atoms with van der Waals surface area (Å²) in [5.74, 6) is 0.540. The third-order valence-electron chi connectivity index (χ3n) is 3.97. The van der Waals surface area contributed by atoms with Crippen LogP contribution in [0.2, 0.25) is 5.02 Å². The van der Waals surface area contributed by atoms with E-state index in [0.29, 0.717) is 22.1 Å². The molecule has 1 aliphatic rings. The number of fused-ring (bicyclic) bond motifs is 1. The van der Waals surface area contributed by atoms with Crippen LogP contribution in [0.4, 0.5) is 10.1 Å². The van der Waals surface area contributed by atoms with Gasteiger partial charge in [0.2, 0.25) is 5.91 Å². The Hall–Kier alpha value is -1.52. The van der Waals surface area contributed by atoms with E-state index in [-0.39, 0.29) is 17.8 Å². The SMILES string of the molecule is CC1Cc2ccccc2N1C(=O)CSCc1ccc(Cl)cc1F. The van der Waals surface area contributed by atoms with Gasteiger partial charge >= 0.3 is 0 Å². The molecule has 0 saturated carbocycles. The van der Waals surface area contributed by atoms with Gasteiger partial charge in [-0.15, -0.1) is 11.8 Å². The molecule has 2 nitrogen and oxygen atoms in total. The van der Waals surface area contributed by atoms with Gasteiger partial charge in [-0.05, 0) is 42.7 Å². The van der Waals surface area contributed by atoms with Gasteiger partial charge in [-0.1, -0.05) is 35.9 Å². The van der Waals surface area contributed by atoms with Crippen molar-refractivity contribution in [3.63, 3.8) is 0 Å². The maximum Gasteiger partial charge on any atom is 0.237 e. The van der Waals surface area contributed by atoms with Crippen molar-refractivity contribution in [3.05, 3.63) is 64.4 Å². The van der Waals surface area contributed by atoms with Crippen molar-refractivity contribution >= 4 is 35.0 Å². The first-order valence-electron chi connectivity index (χ1n) is 7.48. The lowest BCUT2D eigenvalue weighted by atomic mass is 10.1. The van der Waals surface area contributed by atoms with Gasteiger partial charge in [-0.3, -0.25) is 4.79 Å². The Labute approximate surface area is 144 Å². The topological polar surface area (TPSA) is 20.3 Å². The van der Waals surface area contributed by atoms with E-state index in [1.165, 1.54) is 23.4 Å². The van der Waals surface area contributed by atoms with Gasteiger partial charge in [-0.25, -0.2) is 4.39 Å². The Kier molecular flexibility index (Phi) is 4.93. The van der Waals surface area contributed by atoms with Crippen LogP contribution in [-0.2, 0) is 17.0 Å². The number of hydrogen-bond donors (Lipinski definition) is 0. The molecule has 0 N–H and O–H groups in total. The van der Waals surface area contributed by atoms with E-state index in [1.807, 2.05) is 23.1 Å². The molecule has 0 aromatic heterocycles. The molecule has 120 valence electrons. The highest BCUT2D eigenvalue weighted by atomic mass is 35.5. The minimum atomic E-state index is -0.322. The molecule has 0 saturated heterocycles. The van der Waals surface area contributed by atoms with Crippen molar-refractivity contribution in [2.24, 2.45) is 0 Å². The Balaban J connectivity index is 1.62. The van der Waals surface area contributed by atoms with Crippen LogP contribution in [0.1, 0.15) is 18.1 Å². The summed E-state index contributed by atoms with van der Waals surface area (Å²) in [4.78, 5) is 14.4. The maximum absolute atomic E-state index is 13.7. The maximum atomic E-state index is 13.7. The van der Waals surface area contributed by atoms with Crippen molar-refractivity contribution in [1.29, 1.82) is 0 Å². The zero-order valence-electron chi connectivity index (χ0n) is 12.8. The summed E-state index contributed by atoms with van der Waals surface area (Å²) in [5, 5.41) is 0.384. The van der Waals surface area contributed by atoms with Crippen LogP contribution < -0.4 is 4.90 Å². The lowest BCUT2D eigenvalue weighted by molar-refractivity contribution is -0.116. The Bertz CT molecular complexity index is 737. The first-order valence-corrected chi connectivity index (χ1v) is 9.01. The number of benzene rings is 2. The summed E-state index contributed by atoms with van der Waals surface area (Å²) in [6, 6.07) is 12.8. The Morgan fingerprint density at radius 3 is 2.91 bits per heavy atom. The number of carbonyl (C=O) groups excluding carboxylic acids is 1. The molecule has 1 heterocycles. The quantitative estimate of drug-likeness (QED) is 0.798. The Morgan fingerprint density at radius 2 is 2.13 bits per heavy atom. The average Bonchev–Trinajstić information content (AvgIpc) is 2.85. The molecule has 5 heteroatoms. The fourth-order valence-corrected chi connectivity index (χ4v) is 3.93. The lowest BCUT2D eigenvalue weighted by Gasteiger charge is -2.22. The number of amides is 1. The van der Waals surface area contributed by atoms with Crippen LogP contribution in [0, 0.1) is 5.82 Å². The number of thioether (sulfide) groups is 1. The van der Waals surface area contributed by atoms with Crippen LogP contribution in [0.5, 0.6) is 0 Å². The van der Waals surface area contributed by atoms with Gasteiger partial charge in [0.15, 0.2) is 0 Å². The summed E-state index contributed by atoms with van der Waals surface area (Å²) >= 11 is 7.17. The fraction of sp³-hybridized carbons (Fsp3) is 0.278. The molecule has 0 fully saturated rings. The van der Waals surface area contributed by atoms with Gasteiger partial charge in [0.05, 0.1) is 5.75 Å². The monoisotopic (exact) mass is 349 g/mol. The molecule has 0 spiro atoms. The van der Waals surface area contributed by atoms with Crippen LogP contribution in [-0.4, -0.2) is 17.7 Å². The van der Waals surface area contributed by atoms with Crippen molar-refractivity contribution in [3.8, 4) is 0 Å². The van der Waals surface area contributed by atoms with Crippen molar-refractivity contribution < 1.29 is 9.18 Å². The molecule has 0 aliphatic carbocycles. The smallest absolute Gasteiger partial charge is 0.237 e. The predicted molar refractivity (Wildman–Crippen MR) is 94.7 cm³/mol. The summed E-state index contributed by atoms with van der Waals surface area (Å²) in [6.07, 6.45) is 0.887. The molecular formula is C18H17ClFNOS. The third kappa shape index (κ3) is 3.54. The van der Waals surface area contributed by atoms with E-state index in [9.17, 15) is 9.18 Å². The third-order valence-corrected chi connectivity index (χ3v) is 5.18. The molecule has 1 unspecified atom stereocenters. The molecule has 0 radical (unpaired) electrons. The summed E-state index contributed by atoms with van der Waals surface area (Å²) in [7, 11) is 0. The standard InChI is InChI=1S/C18H17ClFNOS/c1-12-8-13-4-2-3-5-17(13)21(12)18(22)11-23-10-14-6-7-15(19)9-16(14)20/h2-7,9,12H,8,10-11H2,1H3. The normalized spacial score (nSPS) is 16.5. The summed E-state index contributed by atoms with van der Waals surface area (Å²) in [5.41, 5.74) is 2.78. The van der Waals surface area contributed by atoms with Crippen LogP contribution in [0.15, 0.2) is 42.5 Å². The number of nitrogens with zero attached hydrogens (tertiary/aromatic N) is 1. The molecule has 3 rings (SSSR count). The first-order chi connectivity index (χ1) is 11.1. The van der Waals surface area contributed by atoms with Gasteiger partial charge in [0.25, 0.3) is 0 Å². The zero-order valence-corrected chi connectivity index (χ0v) is 14.3. The molecule has 0 bridgehead atoms. The molecular weight excluding hydrogens is 333 g/mol. The average molecular weight is 350 g/mol. The van der Waals surface area contributed by atoms with Gasteiger partial charge in [-0.2, -0.15) is 0 Å². The molecule has 2 aromatic carbocycles. The van der Waals surface area contributed by atoms with Gasteiger partial charge < -0.3 is 4.90 Å². The van der Waals surface area contributed by atoms with Crippen molar-refractivity contribution in [2.75, 3.05) is 10.7 Å². The highest BCUT2D eigenvalue weighted by Crippen LogP contribution is 2.32. The highest BCUT2D eigenvalue weighted by molar-refractivity contribution is 7.99. The molecule has 1 amide bonds. The lowest BCUT2D eigenvalue weighted by Crippen LogP contribution is -2.37. The largest absolute Gasteiger partial charge is 0.308 e. The minimum Gasteiger partial charge on any atom is -0.308 e. The first kappa shape index (κ1) is 16.3. The van der Waals surface area contributed by atoms with Crippen molar-refractivity contribution in [2.45, 2.75) is 25.1 Å². The van der Waals surface area contributed by atoms with E-state index in [0.717, 1.165) is 12.1 Å². The van der Waals surface area contributed by atoms with Crippen molar-refractivity contribution in [1.82, 2.24) is 0 Å². The van der Waals surface area contributed by atoms with Crippen LogP contribution in [0.3, 0.4) is 0 Å². The number of anilines is 1. The number of carbonyl (C=O) groups is 1. The van der Waals surface area contributed by atoms with Crippen LogP contribution >= 0.6 is 23.4 Å². The number of para-hydroxylation sites is 1. The van der Waals surface area contributed by atoms with Crippen LogP contribution in [0.25, 0.3) is 0 Å². The number of rotatable bonds is 4. The summed E-state index contributed by atoms with van der Waals surface area (Å²) in [6.45, 7) is 2.06. The van der Waals surface area contributed by atoms with E-state index in [2.05, 4.69) is 13.0 Å². The Morgan fingerprint density at radius 1 is 1.35 bits per heavy atom.